The Bertz CT molecular complexity index is 1400. The van der Waals surface area contributed by atoms with Crippen LogP contribution in [0.3, 0.4) is 0 Å². The number of ketones is 1. The summed E-state index contributed by atoms with van der Waals surface area (Å²) in [6, 6.07) is 19.7. The van der Waals surface area contributed by atoms with Crippen LogP contribution < -0.4 is 9.64 Å². The van der Waals surface area contributed by atoms with Crippen molar-refractivity contribution in [2.45, 2.75) is 32.2 Å². The molecule has 0 radical (unpaired) electrons. The molecule has 0 aliphatic carbocycles. The van der Waals surface area contributed by atoms with Gasteiger partial charge in [0.05, 0.1) is 31.4 Å². The Labute approximate surface area is 215 Å². The van der Waals surface area contributed by atoms with Crippen molar-refractivity contribution >= 4 is 29.1 Å². The van der Waals surface area contributed by atoms with Crippen molar-refractivity contribution in [1.29, 1.82) is 0 Å². The number of hydrogen-bond donors (Lipinski definition) is 1. The number of aliphatic hydroxyl groups is 1. The highest BCUT2D eigenvalue weighted by Gasteiger charge is 2.47. The molecule has 1 N–H and O–H groups in total. The van der Waals surface area contributed by atoms with Crippen LogP contribution in [0, 0.1) is 0 Å². The van der Waals surface area contributed by atoms with Gasteiger partial charge in [-0.3, -0.25) is 14.5 Å². The van der Waals surface area contributed by atoms with E-state index in [9.17, 15) is 19.5 Å². The molecule has 0 saturated carbocycles. The molecule has 37 heavy (non-hydrogen) atoms. The number of rotatable bonds is 5. The molecular formula is C30H29NO6. The van der Waals surface area contributed by atoms with Crippen molar-refractivity contribution in [3.05, 3.63) is 101 Å². The first-order valence-corrected chi connectivity index (χ1v) is 11.8. The largest absolute Gasteiger partial charge is 0.507 e. The standard InChI is InChI=1S/C30H29NO6/c1-30(2,3)21-14-12-18(13-15-21)25-24(26(32)19-8-7-11-23(17-19)36-4)27(33)28(34)31(25)22-10-6-9-20(16-22)29(35)37-5/h6-17,25,32H,1-5H3/b26-24+. The summed E-state index contributed by atoms with van der Waals surface area (Å²) >= 11 is 0. The normalized spacial score (nSPS) is 17.1. The fourth-order valence-corrected chi connectivity index (χ4v) is 4.41. The third-order valence-corrected chi connectivity index (χ3v) is 6.43. The summed E-state index contributed by atoms with van der Waals surface area (Å²) < 4.78 is 10.1. The van der Waals surface area contributed by atoms with E-state index in [1.54, 1.807) is 42.5 Å². The molecule has 0 spiro atoms. The second-order valence-corrected chi connectivity index (χ2v) is 9.81. The monoisotopic (exact) mass is 499 g/mol. The van der Waals surface area contributed by atoms with Gasteiger partial charge in [0.25, 0.3) is 11.7 Å². The SMILES string of the molecule is COC(=O)c1cccc(N2C(=O)C(=O)/C(=C(/O)c3cccc(OC)c3)C2c2ccc(C(C)(C)C)cc2)c1. The Balaban J connectivity index is 1.94. The number of carbonyl (C=O) groups is 3. The number of anilines is 1. The predicted molar refractivity (Wildman–Crippen MR) is 141 cm³/mol. The first-order valence-electron chi connectivity index (χ1n) is 11.8. The summed E-state index contributed by atoms with van der Waals surface area (Å²) in [4.78, 5) is 40.3. The van der Waals surface area contributed by atoms with Crippen LogP contribution in [0.4, 0.5) is 5.69 Å². The van der Waals surface area contributed by atoms with Crippen LogP contribution in [-0.4, -0.2) is 37.0 Å². The molecule has 1 amide bonds. The van der Waals surface area contributed by atoms with Gasteiger partial charge in [0.15, 0.2) is 0 Å². The molecule has 7 heteroatoms. The van der Waals surface area contributed by atoms with Gasteiger partial charge in [0.1, 0.15) is 11.5 Å². The van der Waals surface area contributed by atoms with Gasteiger partial charge in [-0.1, -0.05) is 63.2 Å². The Kier molecular flexibility index (Phi) is 6.90. The summed E-state index contributed by atoms with van der Waals surface area (Å²) in [6.07, 6.45) is 0. The lowest BCUT2D eigenvalue weighted by atomic mass is 9.85. The average molecular weight is 500 g/mol. The maximum absolute atomic E-state index is 13.4. The molecule has 7 nitrogen and oxygen atoms in total. The van der Waals surface area contributed by atoms with Gasteiger partial charge in [-0.15, -0.1) is 0 Å². The summed E-state index contributed by atoms with van der Waals surface area (Å²) in [5, 5.41) is 11.3. The molecule has 1 heterocycles. The quantitative estimate of drug-likeness (QED) is 0.219. The number of Topliss-reactive ketones (excluding diaryl/α,β-unsaturated/α-hetero) is 1. The van der Waals surface area contributed by atoms with Crippen LogP contribution in [0.2, 0.25) is 0 Å². The highest BCUT2D eigenvalue weighted by molar-refractivity contribution is 6.51. The molecule has 3 aromatic carbocycles. The molecule has 0 bridgehead atoms. The van der Waals surface area contributed by atoms with Crippen molar-refractivity contribution in [3.8, 4) is 5.75 Å². The van der Waals surface area contributed by atoms with E-state index >= 15 is 0 Å². The molecule has 1 aliphatic heterocycles. The Morgan fingerprint density at radius 2 is 1.54 bits per heavy atom. The van der Waals surface area contributed by atoms with E-state index in [-0.39, 0.29) is 22.3 Å². The average Bonchev–Trinajstić information content (AvgIpc) is 3.17. The maximum atomic E-state index is 13.4. The van der Waals surface area contributed by atoms with E-state index in [0.29, 0.717) is 22.6 Å². The number of ether oxygens (including phenoxy) is 2. The molecule has 1 saturated heterocycles. The minimum atomic E-state index is -0.923. The van der Waals surface area contributed by atoms with Gasteiger partial charge in [-0.25, -0.2) is 4.79 Å². The number of aliphatic hydroxyl groups excluding tert-OH is 1. The highest BCUT2D eigenvalue weighted by Crippen LogP contribution is 2.43. The Morgan fingerprint density at radius 1 is 0.892 bits per heavy atom. The maximum Gasteiger partial charge on any atom is 0.337 e. The molecule has 1 atom stereocenters. The minimum absolute atomic E-state index is 0.0507. The van der Waals surface area contributed by atoms with Gasteiger partial charge in [0.2, 0.25) is 0 Å². The number of benzene rings is 3. The summed E-state index contributed by atoms with van der Waals surface area (Å²) in [5.74, 6) is -2.02. The third-order valence-electron chi connectivity index (χ3n) is 6.43. The Hall–Kier alpha value is -4.39. The second kappa shape index (κ2) is 9.93. The molecular weight excluding hydrogens is 470 g/mol. The van der Waals surface area contributed by atoms with E-state index in [2.05, 4.69) is 20.8 Å². The number of esters is 1. The van der Waals surface area contributed by atoms with Crippen LogP contribution >= 0.6 is 0 Å². The number of hydrogen-bond acceptors (Lipinski definition) is 6. The number of nitrogens with zero attached hydrogens (tertiary/aromatic N) is 1. The van der Waals surface area contributed by atoms with Crippen molar-refractivity contribution in [3.63, 3.8) is 0 Å². The van der Waals surface area contributed by atoms with E-state index in [1.807, 2.05) is 24.3 Å². The van der Waals surface area contributed by atoms with Crippen molar-refractivity contribution < 1.29 is 29.0 Å². The molecule has 4 rings (SSSR count). The zero-order valence-electron chi connectivity index (χ0n) is 21.4. The molecule has 190 valence electrons. The smallest absolute Gasteiger partial charge is 0.337 e. The Morgan fingerprint density at radius 3 is 2.16 bits per heavy atom. The summed E-state index contributed by atoms with van der Waals surface area (Å²) in [5.41, 5.74) is 2.47. The summed E-state index contributed by atoms with van der Waals surface area (Å²) in [6.45, 7) is 6.28. The molecule has 1 fully saturated rings. The molecule has 1 unspecified atom stereocenters. The van der Waals surface area contributed by atoms with E-state index < -0.39 is 23.7 Å². The lowest BCUT2D eigenvalue weighted by molar-refractivity contribution is -0.132. The molecule has 3 aromatic rings. The van der Waals surface area contributed by atoms with E-state index in [4.69, 9.17) is 9.47 Å². The van der Waals surface area contributed by atoms with Gasteiger partial charge in [0, 0.05) is 11.3 Å². The fraction of sp³-hybridized carbons (Fsp3) is 0.233. The number of methoxy groups -OCH3 is 2. The first-order chi connectivity index (χ1) is 17.6. The molecule has 1 aliphatic rings. The summed E-state index contributed by atoms with van der Waals surface area (Å²) in [7, 11) is 2.77. The predicted octanol–water partition coefficient (Wildman–Crippen LogP) is 5.41. The molecule has 0 aromatic heterocycles. The van der Waals surface area contributed by atoms with Crippen LogP contribution in [0.5, 0.6) is 5.75 Å². The number of amides is 1. The van der Waals surface area contributed by atoms with Crippen LogP contribution in [0.25, 0.3) is 5.76 Å². The van der Waals surface area contributed by atoms with Crippen LogP contribution in [0.1, 0.15) is 53.9 Å². The highest BCUT2D eigenvalue weighted by atomic mass is 16.5. The lowest BCUT2D eigenvalue weighted by Crippen LogP contribution is -2.29. The van der Waals surface area contributed by atoms with Gasteiger partial charge < -0.3 is 14.6 Å². The van der Waals surface area contributed by atoms with Crippen molar-refractivity contribution in [1.82, 2.24) is 0 Å². The topological polar surface area (TPSA) is 93.1 Å². The zero-order chi connectivity index (χ0) is 26.9. The third kappa shape index (κ3) is 4.85. The fourth-order valence-electron chi connectivity index (χ4n) is 4.41. The van der Waals surface area contributed by atoms with Crippen LogP contribution in [0.15, 0.2) is 78.4 Å². The van der Waals surface area contributed by atoms with Gasteiger partial charge in [-0.2, -0.15) is 0 Å². The zero-order valence-corrected chi connectivity index (χ0v) is 21.4. The van der Waals surface area contributed by atoms with E-state index in [0.717, 1.165) is 5.56 Å². The second-order valence-electron chi connectivity index (χ2n) is 9.81. The van der Waals surface area contributed by atoms with Gasteiger partial charge >= 0.3 is 5.97 Å². The van der Waals surface area contributed by atoms with Crippen molar-refractivity contribution in [2.75, 3.05) is 19.1 Å². The first kappa shape index (κ1) is 25.7. The lowest BCUT2D eigenvalue weighted by Gasteiger charge is -2.27. The minimum Gasteiger partial charge on any atom is -0.507 e. The van der Waals surface area contributed by atoms with Crippen LogP contribution in [-0.2, 0) is 19.7 Å². The van der Waals surface area contributed by atoms with Gasteiger partial charge in [-0.05, 0) is 46.9 Å². The van der Waals surface area contributed by atoms with E-state index in [1.165, 1.54) is 25.2 Å². The van der Waals surface area contributed by atoms with Crippen molar-refractivity contribution in [2.24, 2.45) is 0 Å². The number of carbonyl (C=O) groups excluding carboxylic acids is 3.